The molecule has 0 atom stereocenters. The van der Waals surface area contributed by atoms with Gasteiger partial charge in [-0.05, 0) is 18.1 Å². The highest BCUT2D eigenvalue weighted by Gasteiger charge is 2.02. The topological polar surface area (TPSA) is 17.3 Å². The van der Waals surface area contributed by atoms with Crippen LogP contribution in [0, 0.1) is 0 Å². The lowest BCUT2D eigenvalue weighted by atomic mass is 10.1. The second-order valence-electron chi connectivity index (χ2n) is 3.29. The summed E-state index contributed by atoms with van der Waals surface area (Å²) in [6.45, 7) is 4.38. The van der Waals surface area contributed by atoms with Crippen molar-refractivity contribution in [2.45, 2.75) is 27.2 Å². The quantitative estimate of drug-likeness (QED) is 0.652. The number of pyridine rings is 1. The highest BCUT2D eigenvalue weighted by atomic mass is 15.0. The molecule has 2 aromatic heterocycles. The number of rotatable bonds is 1. The minimum Gasteiger partial charge on any atom is -0.303 e. The van der Waals surface area contributed by atoms with Crippen molar-refractivity contribution in [2.75, 3.05) is 0 Å². The van der Waals surface area contributed by atoms with Crippen molar-refractivity contribution in [1.29, 1.82) is 0 Å². The first-order chi connectivity index (χ1) is 5.79. The van der Waals surface area contributed by atoms with E-state index in [-0.39, 0.29) is 7.43 Å². The third-order valence-corrected chi connectivity index (χ3v) is 2.07. The van der Waals surface area contributed by atoms with E-state index in [0.29, 0.717) is 5.92 Å². The van der Waals surface area contributed by atoms with Crippen LogP contribution in [0.25, 0.3) is 5.52 Å². The van der Waals surface area contributed by atoms with Gasteiger partial charge in [-0.1, -0.05) is 27.3 Å². The first-order valence-corrected chi connectivity index (χ1v) is 4.20. The second-order valence-corrected chi connectivity index (χ2v) is 3.29. The van der Waals surface area contributed by atoms with Crippen LogP contribution in [0.3, 0.4) is 0 Å². The predicted octanol–water partition coefficient (Wildman–Crippen LogP) is 3.09. The van der Waals surface area contributed by atoms with Gasteiger partial charge < -0.3 is 4.40 Å². The molecule has 0 aliphatic rings. The van der Waals surface area contributed by atoms with Crippen LogP contribution >= 0.6 is 0 Å². The molecule has 0 radical (unpaired) electrons. The fourth-order valence-corrected chi connectivity index (χ4v) is 1.44. The molecule has 0 aromatic carbocycles. The van der Waals surface area contributed by atoms with E-state index in [0.717, 1.165) is 0 Å². The smallest absolute Gasteiger partial charge is 0.0994 e. The summed E-state index contributed by atoms with van der Waals surface area (Å²) in [7, 11) is 0. The number of nitrogens with zero attached hydrogens (tertiary/aromatic N) is 2. The van der Waals surface area contributed by atoms with E-state index in [4.69, 9.17) is 0 Å². The van der Waals surface area contributed by atoms with Crippen LogP contribution in [0.15, 0.2) is 30.7 Å². The van der Waals surface area contributed by atoms with E-state index >= 15 is 0 Å². The van der Waals surface area contributed by atoms with Gasteiger partial charge in [-0.3, -0.25) is 0 Å². The van der Waals surface area contributed by atoms with Gasteiger partial charge >= 0.3 is 0 Å². The molecule has 2 heterocycles. The largest absolute Gasteiger partial charge is 0.303 e. The van der Waals surface area contributed by atoms with Crippen LogP contribution in [0.2, 0.25) is 0 Å². The second kappa shape index (κ2) is 3.60. The molecular weight excluding hydrogens is 160 g/mol. The van der Waals surface area contributed by atoms with Gasteiger partial charge in [0.2, 0.25) is 0 Å². The third-order valence-electron chi connectivity index (χ3n) is 2.07. The lowest BCUT2D eigenvalue weighted by molar-refractivity contribution is 0.800. The summed E-state index contributed by atoms with van der Waals surface area (Å²) < 4.78 is 2.13. The van der Waals surface area contributed by atoms with Gasteiger partial charge in [0.05, 0.1) is 18.0 Å². The van der Waals surface area contributed by atoms with Gasteiger partial charge in [0.15, 0.2) is 0 Å². The van der Waals surface area contributed by atoms with Crippen molar-refractivity contribution in [3.05, 3.63) is 36.4 Å². The summed E-state index contributed by atoms with van der Waals surface area (Å²) in [6.07, 6.45) is 3.75. The average molecular weight is 176 g/mol. The van der Waals surface area contributed by atoms with Crippen molar-refractivity contribution >= 4 is 5.52 Å². The molecule has 0 saturated carbocycles. The molecule has 0 N–H and O–H groups in total. The van der Waals surface area contributed by atoms with Crippen molar-refractivity contribution in [2.24, 2.45) is 0 Å². The maximum atomic E-state index is 4.11. The zero-order valence-electron chi connectivity index (χ0n) is 7.36. The first kappa shape index (κ1) is 9.78. The van der Waals surface area contributed by atoms with Crippen LogP contribution in [0.4, 0.5) is 0 Å². The van der Waals surface area contributed by atoms with E-state index in [9.17, 15) is 0 Å². The number of imidazole rings is 1. The Kier molecular flexibility index (Phi) is 2.71. The van der Waals surface area contributed by atoms with Crippen molar-refractivity contribution in [3.8, 4) is 0 Å². The van der Waals surface area contributed by atoms with Gasteiger partial charge in [0, 0.05) is 5.69 Å². The third kappa shape index (κ3) is 1.57. The van der Waals surface area contributed by atoms with Gasteiger partial charge in [0.25, 0.3) is 0 Å². The van der Waals surface area contributed by atoms with Gasteiger partial charge in [-0.25, -0.2) is 4.98 Å². The SMILES string of the molecule is C.CC(C)c1cccc2cncn12. The Labute approximate surface area is 79.2 Å². The fraction of sp³-hybridized carbons (Fsp3) is 0.364. The molecule has 2 rings (SSSR count). The van der Waals surface area contributed by atoms with E-state index < -0.39 is 0 Å². The van der Waals surface area contributed by atoms with Crippen LogP contribution in [-0.2, 0) is 0 Å². The normalized spacial score (nSPS) is 10.4. The molecule has 0 unspecified atom stereocenters. The zero-order valence-corrected chi connectivity index (χ0v) is 7.36. The Balaban J connectivity index is 0.000000845. The monoisotopic (exact) mass is 176 g/mol. The van der Waals surface area contributed by atoms with Crippen molar-refractivity contribution in [1.82, 2.24) is 9.38 Å². The van der Waals surface area contributed by atoms with Gasteiger partial charge in [-0.2, -0.15) is 0 Å². The van der Waals surface area contributed by atoms with Crippen molar-refractivity contribution in [3.63, 3.8) is 0 Å². The Morgan fingerprint density at radius 3 is 2.77 bits per heavy atom. The molecule has 0 saturated heterocycles. The Morgan fingerprint density at radius 2 is 2.08 bits per heavy atom. The minimum atomic E-state index is 0. The predicted molar refractivity (Wildman–Crippen MR) is 56.0 cm³/mol. The molecule has 2 heteroatoms. The summed E-state index contributed by atoms with van der Waals surface area (Å²) in [5, 5.41) is 0. The summed E-state index contributed by atoms with van der Waals surface area (Å²) >= 11 is 0. The first-order valence-electron chi connectivity index (χ1n) is 4.20. The molecule has 0 bridgehead atoms. The standard InChI is InChI=1S/C10H12N2.CH4/c1-8(2)10-5-3-4-9-6-11-7-12(9)10;/h3-8H,1-2H3;1H4. The van der Waals surface area contributed by atoms with Crippen molar-refractivity contribution < 1.29 is 0 Å². The molecule has 0 amide bonds. The molecule has 0 fully saturated rings. The number of hydrogen-bond donors (Lipinski definition) is 0. The molecular formula is C11H16N2. The minimum absolute atomic E-state index is 0. The maximum absolute atomic E-state index is 4.11. The highest BCUT2D eigenvalue weighted by Crippen LogP contribution is 2.15. The van der Waals surface area contributed by atoms with E-state index in [1.165, 1.54) is 11.2 Å². The molecule has 0 aliphatic carbocycles. The molecule has 70 valence electrons. The lowest BCUT2D eigenvalue weighted by Gasteiger charge is -2.07. The Hall–Kier alpha value is -1.31. The summed E-state index contributed by atoms with van der Waals surface area (Å²) in [5.41, 5.74) is 2.48. The molecule has 0 aliphatic heterocycles. The van der Waals surface area contributed by atoms with Crippen LogP contribution < -0.4 is 0 Å². The molecule has 2 aromatic rings. The Bertz CT molecular complexity index is 388. The van der Waals surface area contributed by atoms with E-state index in [2.05, 4.69) is 41.4 Å². The fourth-order valence-electron chi connectivity index (χ4n) is 1.44. The highest BCUT2D eigenvalue weighted by molar-refractivity contribution is 5.46. The van der Waals surface area contributed by atoms with E-state index in [1.54, 1.807) is 0 Å². The summed E-state index contributed by atoms with van der Waals surface area (Å²) in [6, 6.07) is 6.28. The molecule has 2 nitrogen and oxygen atoms in total. The number of fused-ring (bicyclic) bond motifs is 1. The van der Waals surface area contributed by atoms with Gasteiger partial charge in [-0.15, -0.1) is 0 Å². The molecule has 13 heavy (non-hydrogen) atoms. The number of hydrogen-bond acceptors (Lipinski definition) is 1. The molecule has 0 spiro atoms. The Morgan fingerprint density at radius 1 is 1.31 bits per heavy atom. The summed E-state index contributed by atoms with van der Waals surface area (Å²) in [4.78, 5) is 4.11. The van der Waals surface area contributed by atoms with E-state index in [1.807, 2.05) is 12.5 Å². The zero-order chi connectivity index (χ0) is 8.55. The van der Waals surface area contributed by atoms with Gasteiger partial charge in [0.1, 0.15) is 0 Å². The van der Waals surface area contributed by atoms with Crippen LogP contribution in [0.1, 0.15) is 32.9 Å². The number of aromatic nitrogens is 2. The van der Waals surface area contributed by atoms with Crippen LogP contribution in [-0.4, -0.2) is 9.38 Å². The maximum Gasteiger partial charge on any atom is 0.0994 e. The lowest BCUT2D eigenvalue weighted by Crippen LogP contribution is -1.96. The average Bonchev–Trinajstić information content (AvgIpc) is 2.49. The van der Waals surface area contributed by atoms with Crippen LogP contribution in [0.5, 0.6) is 0 Å². The summed E-state index contributed by atoms with van der Waals surface area (Å²) in [5.74, 6) is 0.544.